The van der Waals surface area contributed by atoms with Crippen LogP contribution in [0.4, 0.5) is 0 Å². The van der Waals surface area contributed by atoms with Crippen LogP contribution in [-0.4, -0.2) is 72.7 Å². The van der Waals surface area contributed by atoms with Crippen LogP contribution in [0.25, 0.3) is 0 Å². The van der Waals surface area contributed by atoms with Gasteiger partial charge >= 0.3 is 0 Å². The SMILES string of the molecule is CCCCCCCCCCCCCCCC(=O)N(C)CCS(=O)(=O)O.[Na]. The zero-order chi connectivity index (χ0) is 19.0. The van der Waals surface area contributed by atoms with E-state index in [4.69, 9.17) is 4.55 Å². The van der Waals surface area contributed by atoms with Crippen molar-refractivity contribution >= 4 is 45.6 Å². The van der Waals surface area contributed by atoms with Crippen molar-refractivity contribution in [1.82, 2.24) is 4.90 Å². The van der Waals surface area contributed by atoms with E-state index in [1.54, 1.807) is 7.05 Å². The minimum atomic E-state index is -4.00. The fraction of sp³-hybridized carbons (Fsp3) is 0.947. The second kappa shape index (κ2) is 18.7. The molecule has 0 saturated carbocycles. The van der Waals surface area contributed by atoms with Gasteiger partial charge in [-0.1, -0.05) is 84.0 Å². The molecule has 151 valence electrons. The number of hydrogen-bond acceptors (Lipinski definition) is 3. The van der Waals surface area contributed by atoms with E-state index in [1.165, 1.54) is 75.5 Å². The zero-order valence-electron chi connectivity index (χ0n) is 17.3. The Hall–Kier alpha value is 0.380. The van der Waals surface area contributed by atoms with Crippen LogP contribution in [0.15, 0.2) is 0 Å². The molecule has 0 aliphatic heterocycles. The molecule has 0 fully saturated rings. The van der Waals surface area contributed by atoms with E-state index >= 15 is 0 Å². The first kappa shape index (κ1) is 28.6. The number of unbranched alkanes of at least 4 members (excludes halogenated alkanes) is 12. The van der Waals surface area contributed by atoms with Gasteiger partial charge < -0.3 is 4.90 Å². The normalized spacial score (nSPS) is 11.2. The summed E-state index contributed by atoms with van der Waals surface area (Å²) in [5.74, 6) is -0.444. The molecule has 0 aliphatic rings. The summed E-state index contributed by atoms with van der Waals surface area (Å²) in [5, 5.41) is 0. The molecule has 0 aromatic carbocycles. The molecule has 0 saturated heterocycles. The quantitative estimate of drug-likeness (QED) is 0.223. The topological polar surface area (TPSA) is 74.7 Å². The van der Waals surface area contributed by atoms with Crippen molar-refractivity contribution in [3.8, 4) is 0 Å². The fourth-order valence-corrected chi connectivity index (χ4v) is 3.37. The predicted molar refractivity (Wildman–Crippen MR) is 110 cm³/mol. The van der Waals surface area contributed by atoms with E-state index < -0.39 is 15.9 Å². The molecule has 0 atom stereocenters. The summed E-state index contributed by atoms with van der Waals surface area (Å²) in [6.45, 7) is 2.30. The number of nitrogens with zero attached hydrogens (tertiary/aromatic N) is 1. The Labute approximate surface area is 183 Å². The first-order valence-electron chi connectivity index (χ1n) is 10.1. The van der Waals surface area contributed by atoms with Crippen molar-refractivity contribution in [2.45, 2.75) is 96.8 Å². The maximum Gasteiger partial charge on any atom is 0.266 e. The molecule has 1 N–H and O–H groups in total. The Morgan fingerprint density at radius 1 is 0.808 bits per heavy atom. The van der Waals surface area contributed by atoms with Gasteiger partial charge in [0.15, 0.2) is 0 Å². The molecule has 26 heavy (non-hydrogen) atoms. The van der Waals surface area contributed by atoms with Gasteiger partial charge in [0, 0.05) is 49.6 Å². The maximum absolute atomic E-state index is 11.8. The Bertz CT molecular complexity index is 429. The molecule has 7 heteroatoms. The van der Waals surface area contributed by atoms with E-state index in [1.807, 2.05) is 0 Å². The second-order valence-electron chi connectivity index (χ2n) is 7.09. The minimum absolute atomic E-state index is 0. The van der Waals surface area contributed by atoms with Gasteiger partial charge in [-0.2, -0.15) is 8.42 Å². The number of carbonyl (C=O) groups is 1. The molecule has 0 aliphatic carbocycles. The third kappa shape index (κ3) is 20.7. The van der Waals surface area contributed by atoms with Crippen molar-refractivity contribution < 1.29 is 17.8 Å². The first-order chi connectivity index (χ1) is 11.9. The third-order valence-corrected chi connectivity index (χ3v) is 5.30. The van der Waals surface area contributed by atoms with Crippen LogP contribution < -0.4 is 0 Å². The van der Waals surface area contributed by atoms with Crippen molar-refractivity contribution in [2.75, 3.05) is 19.3 Å². The van der Waals surface area contributed by atoms with E-state index in [0.29, 0.717) is 6.42 Å². The number of hydrogen-bond donors (Lipinski definition) is 1. The van der Waals surface area contributed by atoms with Gasteiger partial charge in [0.25, 0.3) is 10.1 Å². The molecule has 0 rings (SSSR count). The summed E-state index contributed by atoms with van der Waals surface area (Å²) < 4.78 is 30.0. The van der Waals surface area contributed by atoms with E-state index in [2.05, 4.69) is 6.92 Å². The Kier molecular flexibility index (Phi) is 20.6. The van der Waals surface area contributed by atoms with Crippen molar-refractivity contribution in [1.29, 1.82) is 0 Å². The van der Waals surface area contributed by atoms with Crippen LogP contribution in [0, 0.1) is 0 Å². The Morgan fingerprint density at radius 3 is 1.58 bits per heavy atom. The summed E-state index contributed by atoms with van der Waals surface area (Å²) in [6, 6.07) is 0. The average Bonchev–Trinajstić information content (AvgIpc) is 2.56. The van der Waals surface area contributed by atoms with E-state index in [0.717, 1.165) is 12.8 Å². The molecular formula is C19H39NNaO4S. The predicted octanol–water partition coefficient (Wildman–Crippen LogP) is 4.43. The molecule has 1 amide bonds. The summed E-state index contributed by atoms with van der Waals surface area (Å²) in [4.78, 5) is 13.2. The van der Waals surface area contributed by atoms with Crippen LogP contribution in [0.1, 0.15) is 96.8 Å². The summed E-state index contributed by atoms with van der Waals surface area (Å²) in [5.41, 5.74) is 0. The van der Waals surface area contributed by atoms with Gasteiger partial charge in [0.2, 0.25) is 5.91 Å². The Balaban J connectivity index is 0. The third-order valence-electron chi connectivity index (χ3n) is 4.60. The standard InChI is InChI=1S/C19H39NO4S.Na/c1-3-4-5-6-7-8-9-10-11-12-13-14-15-16-19(21)20(2)17-18-25(22,23)24;/h3-18H2,1-2H3,(H,22,23,24);. The molecule has 0 spiro atoms. The Morgan fingerprint density at radius 2 is 1.19 bits per heavy atom. The minimum Gasteiger partial charge on any atom is -0.345 e. The fourth-order valence-electron chi connectivity index (χ4n) is 2.86. The van der Waals surface area contributed by atoms with Crippen molar-refractivity contribution in [3.05, 3.63) is 0 Å². The van der Waals surface area contributed by atoms with Crippen molar-refractivity contribution in [2.24, 2.45) is 0 Å². The largest absolute Gasteiger partial charge is 0.345 e. The van der Waals surface area contributed by atoms with Gasteiger partial charge in [0.05, 0.1) is 5.75 Å². The first-order valence-corrected chi connectivity index (χ1v) is 11.7. The molecule has 0 aromatic heterocycles. The molecule has 0 bridgehead atoms. The van der Waals surface area contributed by atoms with Crippen molar-refractivity contribution in [3.63, 3.8) is 0 Å². The average molecular weight is 401 g/mol. The van der Waals surface area contributed by atoms with Crippen LogP contribution in [0.3, 0.4) is 0 Å². The van der Waals surface area contributed by atoms with Gasteiger partial charge in [-0.05, 0) is 6.42 Å². The van der Waals surface area contributed by atoms with E-state index in [-0.39, 0.29) is 42.0 Å². The number of rotatable bonds is 17. The number of amides is 1. The summed E-state index contributed by atoms with van der Waals surface area (Å²) in [6.07, 6.45) is 16.9. The van der Waals surface area contributed by atoms with Gasteiger partial charge in [-0.3, -0.25) is 9.35 Å². The van der Waals surface area contributed by atoms with E-state index in [9.17, 15) is 13.2 Å². The zero-order valence-corrected chi connectivity index (χ0v) is 20.2. The smallest absolute Gasteiger partial charge is 0.266 e. The molecular weight excluding hydrogens is 361 g/mol. The summed E-state index contributed by atoms with van der Waals surface area (Å²) in [7, 11) is -2.42. The monoisotopic (exact) mass is 400 g/mol. The van der Waals surface area contributed by atoms with Crippen LogP contribution >= 0.6 is 0 Å². The van der Waals surface area contributed by atoms with Gasteiger partial charge in [-0.25, -0.2) is 0 Å². The maximum atomic E-state index is 11.8. The van der Waals surface area contributed by atoms with Crippen LogP contribution in [0.2, 0.25) is 0 Å². The summed E-state index contributed by atoms with van der Waals surface area (Å²) >= 11 is 0. The molecule has 0 heterocycles. The number of carbonyl (C=O) groups excluding carboxylic acids is 1. The van der Waals surface area contributed by atoms with Gasteiger partial charge in [0.1, 0.15) is 0 Å². The molecule has 0 aromatic rings. The van der Waals surface area contributed by atoms with Crippen LogP contribution in [0.5, 0.6) is 0 Å². The second-order valence-corrected chi connectivity index (χ2v) is 8.67. The van der Waals surface area contributed by atoms with Gasteiger partial charge in [-0.15, -0.1) is 0 Å². The van der Waals surface area contributed by atoms with Crippen LogP contribution in [-0.2, 0) is 14.9 Å². The molecule has 1 radical (unpaired) electrons. The molecule has 5 nitrogen and oxygen atoms in total. The molecule has 0 unspecified atom stereocenters.